The van der Waals surface area contributed by atoms with Gasteiger partial charge in [0.15, 0.2) is 0 Å². The molecule has 0 atom stereocenters. The number of carbonyl (C=O) groups is 1. The molecule has 1 aliphatic heterocycles. The molecule has 2 heterocycles. The minimum Gasteiger partial charge on any atom is -0.385 e. The van der Waals surface area contributed by atoms with Gasteiger partial charge in [-0.3, -0.25) is 14.7 Å². The summed E-state index contributed by atoms with van der Waals surface area (Å²) >= 11 is 3.60. The zero-order valence-electron chi connectivity index (χ0n) is 19.5. The minimum absolute atomic E-state index is 0.104. The van der Waals surface area contributed by atoms with Gasteiger partial charge in [0, 0.05) is 49.4 Å². The number of anilines is 1. The first-order valence-electron chi connectivity index (χ1n) is 12.0. The quantitative estimate of drug-likeness (QED) is 0.387. The van der Waals surface area contributed by atoms with E-state index in [0.717, 1.165) is 59.4 Å². The Morgan fingerprint density at radius 1 is 0.943 bits per heavy atom. The van der Waals surface area contributed by atoms with Crippen LogP contribution in [0.1, 0.15) is 28.0 Å². The Hall–Kier alpha value is -3.29. The number of halogens is 1. The smallest absolute Gasteiger partial charge is 0.274 e. The highest BCUT2D eigenvalue weighted by atomic mass is 79.9. The summed E-state index contributed by atoms with van der Waals surface area (Å²) in [6.07, 6.45) is 2.62. The van der Waals surface area contributed by atoms with E-state index in [1.807, 2.05) is 41.3 Å². The molecule has 1 aromatic heterocycles. The van der Waals surface area contributed by atoms with Crippen LogP contribution in [0.5, 0.6) is 0 Å². The summed E-state index contributed by atoms with van der Waals surface area (Å²) in [5, 5.41) is 3.58. The van der Waals surface area contributed by atoms with Crippen molar-refractivity contribution in [1.82, 2.24) is 19.8 Å². The molecule has 0 spiro atoms. The summed E-state index contributed by atoms with van der Waals surface area (Å²) in [6, 6.07) is 24.4. The minimum atomic E-state index is -0.104. The van der Waals surface area contributed by atoms with E-state index in [0.29, 0.717) is 18.8 Å². The molecule has 1 aliphatic rings. The van der Waals surface area contributed by atoms with Crippen molar-refractivity contribution < 1.29 is 4.79 Å². The third-order valence-electron chi connectivity index (χ3n) is 6.29. The molecule has 3 aromatic carbocycles. The van der Waals surface area contributed by atoms with Crippen LogP contribution in [-0.2, 0) is 13.1 Å². The van der Waals surface area contributed by atoms with Crippen molar-refractivity contribution in [3.63, 3.8) is 0 Å². The number of benzene rings is 3. The second-order valence-electron chi connectivity index (χ2n) is 8.81. The number of para-hydroxylation sites is 2. The van der Waals surface area contributed by atoms with Gasteiger partial charge in [0.1, 0.15) is 5.69 Å². The van der Waals surface area contributed by atoms with Crippen LogP contribution < -0.4 is 5.32 Å². The van der Waals surface area contributed by atoms with Crippen molar-refractivity contribution >= 4 is 38.6 Å². The van der Waals surface area contributed by atoms with E-state index in [1.165, 1.54) is 5.56 Å². The van der Waals surface area contributed by atoms with E-state index in [1.54, 1.807) is 6.20 Å². The molecule has 5 rings (SSSR count). The second-order valence-corrected chi connectivity index (χ2v) is 9.73. The molecular formula is C28H28BrN5O. The van der Waals surface area contributed by atoms with Crippen LogP contribution in [0.15, 0.2) is 83.5 Å². The normalized spacial score (nSPS) is 15.2. The van der Waals surface area contributed by atoms with E-state index in [9.17, 15) is 4.79 Å². The summed E-state index contributed by atoms with van der Waals surface area (Å²) in [4.78, 5) is 27.2. The van der Waals surface area contributed by atoms with Gasteiger partial charge in [-0.05, 0) is 47.9 Å². The third-order valence-corrected chi connectivity index (χ3v) is 6.78. The first-order chi connectivity index (χ1) is 17.2. The average Bonchev–Trinajstić information content (AvgIpc) is 2.92. The lowest BCUT2D eigenvalue weighted by molar-refractivity contribution is 0.0714. The Morgan fingerprint density at radius 3 is 2.60 bits per heavy atom. The topological polar surface area (TPSA) is 61.4 Å². The van der Waals surface area contributed by atoms with E-state index >= 15 is 0 Å². The molecule has 6 nitrogen and oxygen atoms in total. The van der Waals surface area contributed by atoms with Crippen molar-refractivity contribution in [1.29, 1.82) is 0 Å². The van der Waals surface area contributed by atoms with Crippen molar-refractivity contribution in [2.75, 3.05) is 31.5 Å². The number of fused-ring (bicyclic) bond motifs is 2. The number of aromatic nitrogens is 2. The fourth-order valence-corrected chi connectivity index (χ4v) is 4.85. The van der Waals surface area contributed by atoms with Gasteiger partial charge in [0.25, 0.3) is 5.91 Å². The summed E-state index contributed by atoms with van der Waals surface area (Å²) in [5.74, 6) is -0.104. The molecular weight excluding hydrogens is 502 g/mol. The Morgan fingerprint density at radius 2 is 1.74 bits per heavy atom. The molecule has 0 saturated heterocycles. The van der Waals surface area contributed by atoms with E-state index in [2.05, 4.69) is 72.5 Å². The Labute approximate surface area is 214 Å². The van der Waals surface area contributed by atoms with Crippen LogP contribution in [-0.4, -0.2) is 51.9 Å². The first kappa shape index (κ1) is 23.5. The largest absolute Gasteiger partial charge is 0.385 e. The Bertz CT molecular complexity index is 1310. The van der Waals surface area contributed by atoms with Gasteiger partial charge < -0.3 is 10.2 Å². The molecule has 0 bridgehead atoms. The monoisotopic (exact) mass is 529 g/mol. The highest BCUT2D eigenvalue weighted by Crippen LogP contribution is 2.24. The van der Waals surface area contributed by atoms with Gasteiger partial charge in [-0.2, -0.15) is 0 Å². The Balaban J connectivity index is 1.44. The molecule has 178 valence electrons. The predicted molar refractivity (Wildman–Crippen MR) is 143 cm³/mol. The van der Waals surface area contributed by atoms with Crippen LogP contribution in [0.2, 0.25) is 0 Å². The van der Waals surface area contributed by atoms with Gasteiger partial charge in [-0.15, -0.1) is 0 Å². The van der Waals surface area contributed by atoms with Crippen molar-refractivity contribution in [3.8, 4) is 0 Å². The zero-order valence-corrected chi connectivity index (χ0v) is 21.1. The predicted octanol–water partition coefficient (Wildman–Crippen LogP) is 5.35. The number of hydrogen-bond donors (Lipinski definition) is 1. The average molecular weight is 530 g/mol. The molecule has 7 heteroatoms. The lowest BCUT2D eigenvalue weighted by Crippen LogP contribution is -2.39. The van der Waals surface area contributed by atoms with Gasteiger partial charge in [-0.25, -0.2) is 4.98 Å². The molecule has 0 unspecified atom stereocenters. The second kappa shape index (κ2) is 11.0. The number of nitrogens with zero attached hydrogens (tertiary/aromatic N) is 4. The third kappa shape index (κ3) is 5.86. The van der Waals surface area contributed by atoms with Crippen molar-refractivity contribution in [3.05, 3.63) is 100 Å². The molecule has 0 aliphatic carbocycles. The van der Waals surface area contributed by atoms with Crippen LogP contribution >= 0.6 is 15.9 Å². The molecule has 35 heavy (non-hydrogen) atoms. The number of carbonyl (C=O) groups excluding carboxylic acids is 1. The number of nitrogens with one attached hydrogen (secondary N) is 1. The molecule has 0 radical (unpaired) electrons. The van der Waals surface area contributed by atoms with Crippen molar-refractivity contribution in [2.24, 2.45) is 0 Å². The summed E-state index contributed by atoms with van der Waals surface area (Å²) in [7, 11) is 0. The number of hydrogen-bond acceptors (Lipinski definition) is 5. The first-order valence-corrected chi connectivity index (χ1v) is 12.7. The highest BCUT2D eigenvalue weighted by molar-refractivity contribution is 9.10. The summed E-state index contributed by atoms with van der Waals surface area (Å²) in [5.41, 5.74) is 5.31. The summed E-state index contributed by atoms with van der Waals surface area (Å²) in [6.45, 7) is 4.57. The Kier molecular flexibility index (Phi) is 7.35. The maximum absolute atomic E-state index is 13.7. The molecule has 1 N–H and O–H groups in total. The number of rotatable bonds is 3. The number of amides is 1. The van der Waals surface area contributed by atoms with E-state index in [-0.39, 0.29) is 5.91 Å². The molecule has 0 fully saturated rings. The van der Waals surface area contributed by atoms with Crippen molar-refractivity contribution in [2.45, 2.75) is 19.5 Å². The van der Waals surface area contributed by atoms with Crippen LogP contribution in [0, 0.1) is 0 Å². The SMILES string of the molecule is O=C(c1cnc2ccccc2n1)N1CCN(Cc2ccccc2)CCCNc2ccc(Br)cc2C1. The van der Waals surface area contributed by atoms with Gasteiger partial charge in [-0.1, -0.05) is 58.4 Å². The maximum atomic E-state index is 13.7. The van der Waals surface area contributed by atoms with Crippen LogP contribution in [0.25, 0.3) is 11.0 Å². The fourth-order valence-electron chi connectivity index (χ4n) is 4.45. The zero-order chi connectivity index (χ0) is 24.0. The van der Waals surface area contributed by atoms with Crippen LogP contribution in [0.3, 0.4) is 0 Å². The lowest BCUT2D eigenvalue weighted by Gasteiger charge is -2.27. The molecule has 0 saturated carbocycles. The standard InChI is InChI=1S/C28H28BrN5O/c29-23-11-12-24-22(17-23)20-34(28(35)27-18-31-25-9-4-5-10-26(25)32-27)16-15-33(14-6-13-30-24)19-21-7-2-1-3-8-21/h1-5,7-12,17-18,30H,6,13-16,19-20H2. The fraction of sp³-hybridized carbons (Fsp3) is 0.250. The van der Waals surface area contributed by atoms with E-state index < -0.39 is 0 Å². The molecule has 4 aromatic rings. The van der Waals surface area contributed by atoms with Crippen LogP contribution in [0.4, 0.5) is 5.69 Å². The van der Waals surface area contributed by atoms with Gasteiger partial charge in [0.2, 0.25) is 0 Å². The highest BCUT2D eigenvalue weighted by Gasteiger charge is 2.22. The lowest BCUT2D eigenvalue weighted by atomic mass is 10.1. The molecule has 1 amide bonds. The van der Waals surface area contributed by atoms with Gasteiger partial charge in [0.05, 0.1) is 17.2 Å². The van der Waals surface area contributed by atoms with E-state index in [4.69, 9.17) is 0 Å². The van der Waals surface area contributed by atoms with Gasteiger partial charge >= 0.3 is 0 Å². The summed E-state index contributed by atoms with van der Waals surface area (Å²) < 4.78 is 0.997. The maximum Gasteiger partial charge on any atom is 0.274 e.